The summed E-state index contributed by atoms with van der Waals surface area (Å²) in [6, 6.07) is 3.71. The van der Waals surface area contributed by atoms with E-state index in [0.717, 1.165) is 17.7 Å². The Morgan fingerprint density at radius 3 is 2.56 bits per heavy atom. The number of aliphatic hydroxyl groups excluding tert-OH is 1. The quantitative estimate of drug-likeness (QED) is 0.853. The second-order valence-electron chi connectivity index (χ2n) is 4.63. The zero-order valence-electron chi connectivity index (χ0n) is 10.0. The maximum atomic E-state index is 11.2. The van der Waals surface area contributed by atoms with Crippen molar-refractivity contribution in [2.24, 2.45) is 0 Å². The molecule has 0 amide bonds. The molecule has 96 valence electrons. The smallest absolute Gasteiger partial charge is 0.231 e. The molecule has 1 N–H and O–H groups in total. The Bertz CT molecular complexity index is 486. The number of fused-ring (bicyclic) bond motifs is 1. The van der Waals surface area contributed by atoms with Crippen molar-refractivity contribution in [3.8, 4) is 11.5 Å². The van der Waals surface area contributed by atoms with Crippen LogP contribution in [0.4, 0.5) is 0 Å². The van der Waals surface area contributed by atoms with Gasteiger partial charge in [0.2, 0.25) is 6.79 Å². The highest BCUT2D eigenvalue weighted by molar-refractivity contribution is 5.82. The van der Waals surface area contributed by atoms with Crippen LogP contribution in [0.2, 0.25) is 0 Å². The van der Waals surface area contributed by atoms with Gasteiger partial charge in [0.1, 0.15) is 5.78 Å². The van der Waals surface area contributed by atoms with E-state index in [4.69, 9.17) is 9.47 Å². The molecule has 2 aliphatic heterocycles. The number of ether oxygens (including phenoxy) is 2. The van der Waals surface area contributed by atoms with Gasteiger partial charge in [-0.15, -0.1) is 0 Å². The summed E-state index contributed by atoms with van der Waals surface area (Å²) in [5, 5.41) is 9.39. The van der Waals surface area contributed by atoms with Crippen molar-refractivity contribution in [2.45, 2.75) is 19.6 Å². The van der Waals surface area contributed by atoms with Crippen molar-refractivity contribution in [1.82, 2.24) is 4.90 Å². The minimum absolute atomic E-state index is 0.0340. The van der Waals surface area contributed by atoms with Crippen molar-refractivity contribution in [3.05, 3.63) is 23.3 Å². The lowest BCUT2D eigenvalue weighted by Crippen LogP contribution is -2.20. The van der Waals surface area contributed by atoms with E-state index in [0.29, 0.717) is 31.0 Å². The first kappa shape index (κ1) is 11.5. The summed E-state index contributed by atoms with van der Waals surface area (Å²) in [6.45, 7) is 2.15. The van der Waals surface area contributed by atoms with Gasteiger partial charge in [-0.25, -0.2) is 0 Å². The first-order chi connectivity index (χ1) is 8.76. The van der Waals surface area contributed by atoms with E-state index >= 15 is 0 Å². The summed E-state index contributed by atoms with van der Waals surface area (Å²) in [5.74, 6) is 1.68. The van der Waals surface area contributed by atoms with Crippen LogP contribution < -0.4 is 9.47 Å². The van der Waals surface area contributed by atoms with E-state index in [1.54, 1.807) is 0 Å². The van der Waals surface area contributed by atoms with E-state index in [-0.39, 0.29) is 19.2 Å². The molecular weight excluding hydrogens is 234 g/mol. The highest BCUT2D eigenvalue weighted by Crippen LogP contribution is 2.35. The van der Waals surface area contributed by atoms with Crippen molar-refractivity contribution in [3.63, 3.8) is 0 Å². The SMILES string of the molecule is O=C1CCN(Cc2cc3c(cc2CO)OCO3)C1. The number of hydrogen-bond acceptors (Lipinski definition) is 5. The van der Waals surface area contributed by atoms with Crippen molar-refractivity contribution in [2.75, 3.05) is 19.9 Å². The summed E-state index contributed by atoms with van der Waals surface area (Å²) < 4.78 is 10.6. The molecule has 0 bridgehead atoms. The van der Waals surface area contributed by atoms with Crippen LogP contribution in [-0.4, -0.2) is 35.7 Å². The van der Waals surface area contributed by atoms with Gasteiger partial charge < -0.3 is 14.6 Å². The van der Waals surface area contributed by atoms with Crippen LogP contribution >= 0.6 is 0 Å². The molecule has 2 heterocycles. The predicted octanol–water partition coefficient (Wildman–Crippen LogP) is 0.682. The molecule has 3 rings (SSSR count). The molecule has 5 heteroatoms. The van der Waals surface area contributed by atoms with Gasteiger partial charge in [-0.2, -0.15) is 0 Å². The Hall–Kier alpha value is -1.59. The number of Topliss-reactive ketones (excluding diaryl/α,β-unsaturated/α-hetero) is 1. The molecule has 18 heavy (non-hydrogen) atoms. The molecular formula is C13H15NO4. The van der Waals surface area contributed by atoms with Crippen LogP contribution in [0, 0.1) is 0 Å². The molecule has 1 saturated heterocycles. The average molecular weight is 249 g/mol. The zero-order chi connectivity index (χ0) is 12.5. The van der Waals surface area contributed by atoms with Gasteiger partial charge in [-0.3, -0.25) is 9.69 Å². The summed E-state index contributed by atoms with van der Waals surface area (Å²) in [5.41, 5.74) is 1.83. The van der Waals surface area contributed by atoms with Gasteiger partial charge in [-0.05, 0) is 23.3 Å². The maximum Gasteiger partial charge on any atom is 0.231 e. The van der Waals surface area contributed by atoms with Crippen molar-refractivity contribution in [1.29, 1.82) is 0 Å². The highest BCUT2D eigenvalue weighted by atomic mass is 16.7. The van der Waals surface area contributed by atoms with Gasteiger partial charge in [0.25, 0.3) is 0 Å². The van der Waals surface area contributed by atoms with Crippen LogP contribution in [0.25, 0.3) is 0 Å². The standard InChI is InChI=1S/C13H15NO4/c15-7-10-4-13-12(17-8-18-13)3-9(10)5-14-2-1-11(16)6-14/h3-4,15H,1-2,5-8H2. The Balaban J connectivity index is 1.84. The molecule has 2 aliphatic rings. The lowest BCUT2D eigenvalue weighted by atomic mass is 10.1. The van der Waals surface area contributed by atoms with E-state index in [1.165, 1.54) is 0 Å². The van der Waals surface area contributed by atoms with Gasteiger partial charge >= 0.3 is 0 Å². The molecule has 0 radical (unpaired) electrons. The zero-order valence-corrected chi connectivity index (χ0v) is 10.0. The number of carbonyl (C=O) groups is 1. The first-order valence-corrected chi connectivity index (χ1v) is 6.02. The minimum Gasteiger partial charge on any atom is -0.454 e. The maximum absolute atomic E-state index is 11.2. The molecule has 0 aliphatic carbocycles. The number of hydrogen-bond donors (Lipinski definition) is 1. The van der Waals surface area contributed by atoms with Crippen LogP contribution in [-0.2, 0) is 17.9 Å². The lowest BCUT2D eigenvalue weighted by molar-refractivity contribution is -0.116. The largest absolute Gasteiger partial charge is 0.454 e. The predicted molar refractivity (Wildman–Crippen MR) is 63.4 cm³/mol. The average Bonchev–Trinajstić information content (AvgIpc) is 2.97. The van der Waals surface area contributed by atoms with E-state index in [2.05, 4.69) is 4.90 Å². The van der Waals surface area contributed by atoms with E-state index in [1.807, 2.05) is 12.1 Å². The fraction of sp³-hybridized carbons (Fsp3) is 0.462. The summed E-state index contributed by atoms with van der Waals surface area (Å²) in [7, 11) is 0. The molecule has 0 saturated carbocycles. The number of likely N-dealkylation sites (tertiary alicyclic amines) is 1. The second kappa shape index (κ2) is 4.59. The molecule has 5 nitrogen and oxygen atoms in total. The number of nitrogens with zero attached hydrogens (tertiary/aromatic N) is 1. The molecule has 1 aromatic rings. The molecule has 1 aromatic carbocycles. The fourth-order valence-electron chi connectivity index (χ4n) is 2.39. The molecule has 0 spiro atoms. The third-order valence-electron chi connectivity index (χ3n) is 3.37. The monoisotopic (exact) mass is 249 g/mol. The van der Waals surface area contributed by atoms with Crippen molar-refractivity contribution < 1.29 is 19.4 Å². The third-order valence-corrected chi connectivity index (χ3v) is 3.37. The second-order valence-corrected chi connectivity index (χ2v) is 4.63. The van der Waals surface area contributed by atoms with Crippen LogP contribution in [0.15, 0.2) is 12.1 Å². The lowest BCUT2D eigenvalue weighted by Gasteiger charge is -2.16. The summed E-state index contributed by atoms with van der Waals surface area (Å²) >= 11 is 0. The van der Waals surface area contributed by atoms with Crippen molar-refractivity contribution >= 4 is 5.78 Å². The molecule has 0 atom stereocenters. The number of benzene rings is 1. The van der Waals surface area contributed by atoms with Gasteiger partial charge in [-0.1, -0.05) is 0 Å². The normalized spacial score (nSPS) is 18.6. The number of ketones is 1. The Morgan fingerprint density at radius 1 is 1.22 bits per heavy atom. The number of carbonyl (C=O) groups excluding carboxylic acids is 1. The minimum atomic E-state index is -0.0340. The Labute approximate surface area is 105 Å². The highest BCUT2D eigenvalue weighted by Gasteiger charge is 2.22. The van der Waals surface area contributed by atoms with Gasteiger partial charge in [0.15, 0.2) is 11.5 Å². The van der Waals surface area contributed by atoms with E-state index in [9.17, 15) is 9.90 Å². The Kier molecular flexibility index (Phi) is 2.93. The summed E-state index contributed by atoms with van der Waals surface area (Å²) in [4.78, 5) is 13.3. The molecule has 1 fully saturated rings. The van der Waals surface area contributed by atoms with Gasteiger partial charge in [0.05, 0.1) is 13.2 Å². The summed E-state index contributed by atoms with van der Waals surface area (Å²) in [6.07, 6.45) is 0.624. The van der Waals surface area contributed by atoms with Crippen LogP contribution in [0.5, 0.6) is 11.5 Å². The van der Waals surface area contributed by atoms with E-state index < -0.39 is 0 Å². The molecule has 0 unspecified atom stereocenters. The number of rotatable bonds is 3. The Morgan fingerprint density at radius 2 is 1.94 bits per heavy atom. The van der Waals surface area contributed by atoms with Crippen LogP contribution in [0.1, 0.15) is 17.5 Å². The first-order valence-electron chi connectivity index (χ1n) is 6.02. The topological polar surface area (TPSA) is 59.0 Å². The van der Waals surface area contributed by atoms with Crippen LogP contribution in [0.3, 0.4) is 0 Å². The number of aliphatic hydroxyl groups is 1. The molecule has 0 aromatic heterocycles. The fourth-order valence-corrected chi connectivity index (χ4v) is 2.39. The van der Waals surface area contributed by atoms with Gasteiger partial charge in [0, 0.05) is 19.5 Å². The third kappa shape index (κ3) is 2.07.